The number of halogens is 3. The van der Waals surface area contributed by atoms with Gasteiger partial charge in [-0.1, -0.05) is 45.7 Å². The Bertz CT molecular complexity index is 579. The van der Waals surface area contributed by atoms with Gasteiger partial charge in [0, 0.05) is 21.6 Å². The molecular formula is C14H12BrClFNO. The number of benzene rings is 2. The predicted molar refractivity (Wildman–Crippen MR) is 79.0 cm³/mol. The van der Waals surface area contributed by atoms with E-state index in [1.807, 2.05) is 0 Å². The maximum atomic E-state index is 13.5. The Hall–Kier alpha value is -1.10. The number of nitrogens with one attached hydrogen (secondary N) is 1. The minimum atomic E-state index is -0.799. The van der Waals surface area contributed by atoms with Gasteiger partial charge in [-0.05, 0) is 24.3 Å². The molecule has 0 fully saturated rings. The van der Waals surface area contributed by atoms with E-state index in [2.05, 4.69) is 21.2 Å². The van der Waals surface area contributed by atoms with Crippen LogP contribution in [0.4, 0.5) is 10.1 Å². The fourth-order valence-electron chi connectivity index (χ4n) is 1.69. The molecule has 0 spiro atoms. The van der Waals surface area contributed by atoms with Crippen LogP contribution in [0.5, 0.6) is 0 Å². The summed E-state index contributed by atoms with van der Waals surface area (Å²) in [7, 11) is 0. The van der Waals surface area contributed by atoms with Gasteiger partial charge in [0.25, 0.3) is 0 Å². The maximum absolute atomic E-state index is 13.5. The van der Waals surface area contributed by atoms with Crippen LogP contribution in [0.3, 0.4) is 0 Å². The Morgan fingerprint density at radius 3 is 2.74 bits per heavy atom. The molecule has 0 aromatic heterocycles. The highest BCUT2D eigenvalue weighted by molar-refractivity contribution is 9.10. The first kappa shape index (κ1) is 14.3. The molecule has 2 nitrogen and oxygen atoms in total. The number of aliphatic hydroxyl groups excluding tert-OH is 1. The first-order chi connectivity index (χ1) is 9.08. The molecule has 19 heavy (non-hydrogen) atoms. The first-order valence-corrected chi connectivity index (χ1v) is 6.86. The molecule has 2 rings (SSSR count). The zero-order chi connectivity index (χ0) is 13.8. The summed E-state index contributed by atoms with van der Waals surface area (Å²) < 4.78 is 14.3. The van der Waals surface area contributed by atoms with Gasteiger partial charge in [0.1, 0.15) is 5.82 Å². The van der Waals surface area contributed by atoms with Gasteiger partial charge in [-0.15, -0.1) is 0 Å². The smallest absolute Gasteiger partial charge is 0.146 e. The SMILES string of the molecule is OC(CNc1cc(Br)ccc1F)c1ccccc1Cl. The van der Waals surface area contributed by atoms with Gasteiger partial charge < -0.3 is 10.4 Å². The Balaban J connectivity index is 2.06. The third-order valence-electron chi connectivity index (χ3n) is 2.68. The van der Waals surface area contributed by atoms with Gasteiger partial charge in [0.15, 0.2) is 0 Å². The van der Waals surface area contributed by atoms with E-state index in [1.165, 1.54) is 6.07 Å². The molecule has 0 saturated carbocycles. The number of anilines is 1. The van der Waals surface area contributed by atoms with Gasteiger partial charge in [-0.25, -0.2) is 4.39 Å². The summed E-state index contributed by atoms with van der Waals surface area (Å²) in [5, 5.41) is 13.4. The molecule has 0 saturated heterocycles. The van der Waals surface area contributed by atoms with Crippen LogP contribution in [0.25, 0.3) is 0 Å². The van der Waals surface area contributed by atoms with Crippen molar-refractivity contribution >= 4 is 33.2 Å². The van der Waals surface area contributed by atoms with E-state index < -0.39 is 6.10 Å². The molecule has 0 aliphatic rings. The summed E-state index contributed by atoms with van der Waals surface area (Å²) in [4.78, 5) is 0. The third kappa shape index (κ3) is 3.69. The lowest BCUT2D eigenvalue weighted by Crippen LogP contribution is -2.13. The number of hydrogen-bond acceptors (Lipinski definition) is 2. The summed E-state index contributed by atoms with van der Waals surface area (Å²) in [6.07, 6.45) is -0.799. The van der Waals surface area contributed by atoms with Crippen molar-refractivity contribution < 1.29 is 9.50 Å². The van der Waals surface area contributed by atoms with Crippen molar-refractivity contribution in [3.8, 4) is 0 Å². The molecule has 1 atom stereocenters. The average molecular weight is 345 g/mol. The van der Waals surface area contributed by atoms with Crippen molar-refractivity contribution in [3.05, 3.63) is 63.3 Å². The van der Waals surface area contributed by atoms with Crippen LogP contribution < -0.4 is 5.32 Å². The number of rotatable bonds is 4. The Kier molecular flexibility index (Phi) is 4.80. The Morgan fingerprint density at radius 2 is 2.00 bits per heavy atom. The molecule has 5 heteroatoms. The third-order valence-corrected chi connectivity index (χ3v) is 3.52. The Labute approximate surface area is 124 Å². The van der Waals surface area contributed by atoms with E-state index >= 15 is 0 Å². The zero-order valence-electron chi connectivity index (χ0n) is 9.91. The molecule has 2 aromatic rings. The number of hydrogen-bond donors (Lipinski definition) is 2. The van der Waals surface area contributed by atoms with Crippen molar-refractivity contribution in [1.82, 2.24) is 0 Å². The minimum absolute atomic E-state index is 0.178. The van der Waals surface area contributed by atoms with Crippen molar-refractivity contribution in [2.45, 2.75) is 6.10 Å². The van der Waals surface area contributed by atoms with Crippen LogP contribution in [0.15, 0.2) is 46.9 Å². The average Bonchev–Trinajstić information content (AvgIpc) is 2.40. The van der Waals surface area contributed by atoms with E-state index in [-0.39, 0.29) is 12.4 Å². The van der Waals surface area contributed by atoms with E-state index in [0.29, 0.717) is 16.3 Å². The van der Waals surface area contributed by atoms with Crippen molar-refractivity contribution in [2.24, 2.45) is 0 Å². The van der Waals surface area contributed by atoms with Crippen LogP contribution in [0.2, 0.25) is 5.02 Å². The van der Waals surface area contributed by atoms with Crippen molar-refractivity contribution in [3.63, 3.8) is 0 Å². The second-order valence-corrected chi connectivity index (χ2v) is 5.37. The topological polar surface area (TPSA) is 32.3 Å². The monoisotopic (exact) mass is 343 g/mol. The fourth-order valence-corrected chi connectivity index (χ4v) is 2.32. The fraction of sp³-hybridized carbons (Fsp3) is 0.143. The van der Waals surface area contributed by atoms with Crippen molar-refractivity contribution in [1.29, 1.82) is 0 Å². The molecule has 0 aliphatic carbocycles. The predicted octanol–water partition coefficient (Wildman–Crippen LogP) is 4.39. The highest BCUT2D eigenvalue weighted by Gasteiger charge is 2.11. The van der Waals surface area contributed by atoms with Gasteiger partial charge >= 0.3 is 0 Å². The summed E-state index contributed by atoms with van der Waals surface area (Å²) in [6, 6.07) is 11.6. The highest BCUT2D eigenvalue weighted by Crippen LogP contribution is 2.24. The molecule has 0 amide bonds. The zero-order valence-corrected chi connectivity index (χ0v) is 12.2. The molecule has 0 heterocycles. The largest absolute Gasteiger partial charge is 0.387 e. The lowest BCUT2D eigenvalue weighted by atomic mass is 10.1. The van der Waals surface area contributed by atoms with Crippen LogP contribution in [0, 0.1) is 5.82 Å². The second-order valence-electron chi connectivity index (χ2n) is 4.04. The Morgan fingerprint density at radius 1 is 1.26 bits per heavy atom. The standard InChI is InChI=1S/C14H12BrClFNO/c15-9-5-6-12(17)13(7-9)18-8-14(19)10-3-1-2-4-11(10)16/h1-7,14,18-19H,8H2. The van der Waals surface area contributed by atoms with Gasteiger partial charge in [-0.3, -0.25) is 0 Å². The molecule has 2 N–H and O–H groups in total. The molecule has 100 valence electrons. The maximum Gasteiger partial charge on any atom is 0.146 e. The molecule has 1 unspecified atom stereocenters. The van der Waals surface area contributed by atoms with E-state index in [9.17, 15) is 9.50 Å². The summed E-state index contributed by atoms with van der Waals surface area (Å²) >= 11 is 9.26. The van der Waals surface area contributed by atoms with Gasteiger partial charge in [0.05, 0.1) is 11.8 Å². The lowest BCUT2D eigenvalue weighted by Gasteiger charge is -2.15. The normalized spacial score (nSPS) is 12.2. The molecule has 2 aromatic carbocycles. The van der Waals surface area contributed by atoms with E-state index in [1.54, 1.807) is 36.4 Å². The molecule has 0 radical (unpaired) electrons. The van der Waals surface area contributed by atoms with Crippen LogP contribution in [-0.4, -0.2) is 11.7 Å². The lowest BCUT2D eigenvalue weighted by molar-refractivity contribution is 0.191. The van der Waals surface area contributed by atoms with Crippen LogP contribution in [0.1, 0.15) is 11.7 Å². The minimum Gasteiger partial charge on any atom is -0.387 e. The summed E-state index contributed by atoms with van der Waals surface area (Å²) in [5.74, 6) is -0.366. The van der Waals surface area contributed by atoms with Crippen LogP contribution in [-0.2, 0) is 0 Å². The quantitative estimate of drug-likeness (QED) is 0.862. The molecular weight excluding hydrogens is 333 g/mol. The van der Waals surface area contributed by atoms with Crippen LogP contribution >= 0.6 is 27.5 Å². The highest BCUT2D eigenvalue weighted by atomic mass is 79.9. The summed E-state index contributed by atoms with van der Waals surface area (Å²) in [6.45, 7) is 0.178. The van der Waals surface area contributed by atoms with E-state index in [0.717, 1.165) is 4.47 Å². The van der Waals surface area contributed by atoms with Crippen molar-refractivity contribution in [2.75, 3.05) is 11.9 Å². The van der Waals surface area contributed by atoms with Gasteiger partial charge in [-0.2, -0.15) is 0 Å². The van der Waals surface area contributed by atoms with E-state index in [4.69, 9.17) is 11.6 Å². The van der Waals surface area contributed by atoms with Gasteiger partial charge in [0.2, 0.25) is 0 Å². The number of aliphatic hydroxyl groups is 1. The second kappa shape index (κ2) is 6.37. The molecule has 0 bridgehead atoms. The first-order valence-electron chi connectivity index (χ1n) is 5.69. The summed E-state index contributed by atoms with van der Waals surface area (Å²) in [5.41, 5.74) is 0.951. The molecule has 0 aliphatic heterocycles.